The van der Waals surface area contributed by atoms with Crippen LogP contribution in [0.5, 0.6) is 0 Å². The Morgan fingerprint density at radius 2 is 1.88 bits per heavy atom. The standard InChI is InChI=1S/C14H17NOS/c1-3-11-4-6-12(7-5-11)8-14(16)13-9-17-10(2)15-13/h4-7,9,14,16H,3,8H2,1-2H3. The number of hydrogen-bond donors (Lipinski definition) is 1. The Hall–Kier alpha value is -1.19. The van der Waals surface area contributed by atoms with Crippen LogP contribution in [0.4, 0.5) is 0 Å². The van der Waals surface area contributed by atoms with E-state index in [4.69, 9.17) is 0 Å². The van der Waals surface area contributed by atoms with Crippen molar-refractivity contribution in [1.29, 1.82) is 0 Å². The Morgan fingerprint density at radius 1 is 1.24 bits per heavy atom. The lowest BCUT2D eigenvalue weighted by molar-refractivity contribution is 0.174. The maximum atomic E-state index is 10.1. The van der Waals surface area contributed by atoms with E-state index in [9.17, 15) is 5.11 Å². The van der Waals surface area contributed by atoms with Gasteiger partial charge >= 0.3 is 0 Å². The second-order valence-corrected chi connectivity index (χ2v) is 5.24. The van der Waals surface area contributed by atoms with Crippen LogP contribution in [0, 0.1) is 6.92 Å². The zero-order valence-electron chi connectivity index (χ0n) is 10.2. The van der Waals surface area contributed by atoms with E-state index in [0.29, 0.717) is 6.42 Å². The summed E-state index contributed by atoms with van der Waals surface area (Å²) in [5, 5.41) is 13.0. The van der Waals surface area contributed by atoms with Crippen molar-refractivity contribution < 1.29 is 5.11 Å². The summed E-state index contributed by atoms with van der Waals surface area (Å²) in [7, 11) is 0. The SMILES string of the molecule is CCc1ccc(CC(O)c2csc(C)n2)cc1. The number of aliphatic hydroxyl groups excluding tert-OH is 1. The zero-order chi connectivity index (χ0) is 12.3. The number of thiazole rings is 1. The highest BCUT2D eigenvalue weighted by atomic mass is 32.1. The van der Waals surface area contributed by atoms with Gasteiger partial charge < -0.3 is 5.11 Å². The number of aromatic nitrogens is 1. The molecule has 0 amide bonds. The zero-order valence-corrected chi connectivity index (χ0v) is 11.0. The average molecular weight is 247 g/mol. The Bertz CT molecular complexity index is 475. The highest BCUT2D eigenvalue weighted by molar-refractivity contribution is 7.09. The monoisotopic (exact) mass is 247 g/mol. The van der Waals surface area contributed by atoms with E-state index in [0.717, 1.165) is 22.7 Å². The van der Waals surface area contributed by atoms with Crippen LogP contribution in [-0.4, -0.2) is 10.1 Å². The van der Waals surface area contributed by atoms with Gasteiger partial charge in [0.2, 0.25) is 0 Å². The third-order valence-corrected chi connectivity index (χ3v) is 3.63. The van der Waals surface area contributed by atoms with Crippen LogP contribution in [0.1, 0.15) is 34.9 Å². The Morgan fingerprint density at radius 3 is 2.41 bits per heavy atom. The van der Waals surface area contributed by atoms with Crippen molar-refractivity contribution in [2.45, 2.75) is 32.8 Å². The summed E-state index contributed by atoms with van der Waals surface area (Å²) >= 11 is 1.58. The number of nitrogens with zero attached hydrogens (tertiary/aromatic N) is 1. The average Bonchev–Trinajstić information content (AvgIpc) is 2.77. The summed E-state index contributed by atoms with van der Waals surface area (Å²) in [5.41, 5.74) is 3.26. The molecule has 0 saturated carbocycles. The number of benzene rings is 1. The van der Waals surface area contributed by atoms with Crippen LogP contribution < -0.4 is 0 Å². The minimum absolute atomic E-state index is 0.493. The van der Waals surface area contributed by atoms with Gasteiger partial charge in [-0.05, 0) is 24.5 Å². The first-order chi connectivity index (χ1) is 8.19. The van der Waals surface area contributed by atoms with Crippen molar-refractivity contribution in [3.8, 4) is 0 Å². The lowest BCUT2D eigenvalue weighted by Crippen LogP contribution is -2.02. The van der Waals surface area contributed by atoms with Gasteiger partial charge in [0.1, 0.15) is 6.10 Å². The van der Waals surface area contributed by atoms with Crippen molar-refractivity contribution in [3.63, 3.8) is 0 Å². The minimum atomic E-state index is -0.493. The highest BCUT2D eigenvalue weighted by Crippen LogP contribution is 2.20. The topological polar surface area (TPSA) is 33.1 Å². The lowest BCUT2D eigenvalue weighted by Gasteiger charge is -2.08. The Balaban J connectivity index is 2.04. The van der Waals surface area contributed by atoms with Crippen molar-refractivity contribution >= 4 is 11.3 Å². The van der Waals surface area contributed by atoms with Crippen LogP contribution >= 0.6 is 11.3 Å². The van der Waals surface area contributed by atoms with Crippen molar-refractivity contribution in [1.82, 2.24) is 4.98 Å². The third kappa shape index (κ3) is 3.14. The summed E-state index contributed by atoms with van der Waals surface area (Å²) in [6, 6.07) is 8.41. The number of aliphatic hydroxyl groups is 1. The molecule has 0 bridgehead atoms. The van der Waals surface area contributed by atoms with Gasteiger partial charge in [-0.15, -0.1) is 11.3 Å². The van der Waals surface area contributed by atoms with Gasteiger partial charge in [0, 0.05) is 11.8 Å². The fourth-order valence-corrected chi connectivity index (χ4v) is 2.43. The van der Waals surface area contributed by atoms with Crippen molar-refractivity contribution in [2.75, 3.05) is 0 Å². The fourth-order valence-electron chi connectivity index (χ4n) is 1.77. The second kappa shape index (κ2) is 5.43. The van der Waals surface area contributed by atoms with Gasteiger partial charge in [0.15, 0.2) is 0 Å². The summed E-state index contributed by atoms with van der Waals surface area (Å²) < 4.78 is 0. The van der Waals surface area contributed by atoms with Crippen LogP contribution in [0.3, 0.4) is 0 Å². The molecule has 1 unspecified atom stereocenters. The maximum absolute atomic E-state index is 10.1. The largest absolute Gasteiger partial charge is 0.386 e. The van der Waals surface area contributed by atoms with E-state index in [1.807, 2.05) is 12.3 Å². The molecule has 0 aliphatic carbocycles. The van der Waals surface area contributed by atoms with E-state index < -0.39 is 6.10 Å². The number of rotatable bonds is 4. The first-order valence-corrected chi connectivity index (χ1v) is 6.75. The van der Waals surface area contributed by atoms with Crippen LogP contribution in [0.15, 0.2) is 29.6 Å². The van der Waals surface area contributed by atoms with Crippen LogP contribution in [-0.2, 0) is 12.8 Å². The molecule has 1 heterocycles. The molecular weight excluding hydrogens is 230 g/mol. The molecule has 17 heavy (non-hydrogen) atoms. The van der Waals surface area contributed by atoms with E-state index in [-0.39, 0.29) is 0 Å². The van der Waals surface area contributed by atoms with E-state index >= 15 is 0 Å². The Kier molecular flexibility index (Phi) is 3.92. The molecule has 90 valence electrons. The van der Waals surface area contributed by atoms with E-state index in [1.165, 1.54) is 5.56 Å². The lowest BCUT2D eigenvalue weighted by atomic mass is 10.0. The minimum Gasteiger partial charge on any atom is -0.386 e. The molecule has 2 aromatic rings. The van der Waals surface area contributed by atoms with Crippen LogP contribution in [0.2, 0.25) is 0 Å². The predicted octanol–water partition coefficient (Wildman–Crippen LogP) is 3.29. The molecule has 1 atom stereocenters. The molecule has 0 saturated heterocycles. The van der Waals surface area contributed by atoms with Gasteiger partial charge in [0.25, 0.3) is 0 Å². The van der Waals surface area contributed by atoms with Crippen molar-refractivity contribution in [2.24, 2.45) is 0 Å². The van der Waals surface area contributed by atoms with Gasteiger partial charge in [-0.2, -0.15) is 0 Å². The Labute approximate surface area is 106 Å². The van der Waals surface area contributed by atoms with Gasteiger partial charge in [-0.1, -0.05) is 31.2 Å². The predicted molar refractivity (Wildman–Crippen MR) is 71.3 cm³/mol. The molecule has 1 N–H and O–H groups in total. The summed E-state index contributed by atoms with van der Waals surface area (Å²) in [6.07, 6.45) is 1.19. The summed E-state index contributed by atoms with van der Waals surface area (Å²) in [6.45, 7) is 4.10. The smallest absolute Gasteiger partial charge is 0.101 e. The number of hydrogen-bond acceptors (Lipinski definition) is 3. The molecule has 2 rings (SSSR count). The van der Waals surface area contributed by atoms with Gasteiger partial charge in [-0.3, -0.25) is 0 Å². The molecule has 3 heteroatoms. The third-order valence-electron chi connectivity index (χ3n) is 2.84. The second-order valence-electron chi connectivity index (χ2n) is 4.18. The fraction of sp³-hybridized carbons (Fsp3) is 0.357. The molecule has 0 aliphatic heterocycles. The molecule has 0 radical (unpaired) electrons. The summed E-state index contributed by atoms with van der Waals surface area (Å²) in [4.78, 5) is 4.31. The molecule has 0 spiro atoms. The first-order valence-electron chi connectivity index (χ1n) is 5.87. The van der Waals surface area contributed by atoms with E-state index in [1.54, 1.807) is 11.3 Å². The normalized spacial score (nSPS) is 12.6. The molecule has 1 aromatic carbocycles. The molecule has 2 nitrogen and oxygen atoms in total. The molecule has 0 fully saturated rings. The van der Waals surface area contributed by atoms with Gasteiger partial charge in [0.05, 0.1) is 10.7 Å². The van der Waals surface area contributed by atoms with Crippen molar-refractivity contribution in [3.05, 3.63) is 51.5 Å². The van der Waals surface area contributed by atoms with Gasteiger partial charge in [-0.25, -0.2) is 4.98 Å². The summed E-state index contributed by atoms with van der Waals surface area (Å²) in [5.74, 6) is 0. The molecule has 1 aromatic heterocycles. The van der Waals surface area contributed by atoms with Crippen LogP contribution in [0.25, 0.3) is 0 Å². The van der Waals surface area contributed by atoms with E-state index in [2.05, 4.69) is 36.2 Å². The molecule has 0 aliphatic rings. The quantitative estimate of drug-likeness (QED) is 0.899. The highest BCUT2D eigenvalue weighted by Gasteiger charge is 2.11. The number of aryl methyl sites for hydroxylation is 2. The molecular formula is C14H17NOS. The first kappa shape index (κ1) is 12.3. The maximum Gasteiger partial charge on any atom is 0.101 e.